The Balaban J connectivity index is 1.96. The van der Waals surface area contributed by atoms with Crippen molar-refractivity contribution >= 4 is 17.6 Å². The van der Waals surface area contributed by atoms with Crippen LogP contribution in [-0.2, 0) is 16.0 Å². The van der Waals surface area contributed by atoms with Crippen LogP contribution in [0.3, 0.4) is 0 Å². The third-order valence-electron chi connectivity index (χ3n) is 3.39. The van der Waals surface area contributed by atoms with Crippen LogP contribution in [-0.4, -0.2) is 42.3 Å². The number of anilines is 1. The zero-order chi connectivity index (χ0) is 16.3. The minimum absolute atomic E-state index is 0.168. The van der Waals surface area contributed by atoms with Crippen LogP contribution in [0, 0.1) is 0 Å². The number of hydrogen-bond donors (Lipinski definition) is 2. The van der Waals surface area contributed by atoms with E-state index in [1.165, 1.54) is 0 Å². The van der Waals surface area contributed by atoms with Crippen molar-refractivity contribution in [1.29, 1.82) is 0 Å². The Labute approximate surface area is 124 Å². The topological polar surface area (TPSA) is 69.6 Å². The minimum atomic E-state index is -4.66. The van der Waals surface area contributed by atoms with E-state index in [-0.39, 0.29) is 6.54 Å². The fraction of sp³-hybridized carbons (Fsp3) is 0.429. The van der Waals surface area contributed by atoms with Gasteiger partial charge in [-0.3, -0.25) is 4.79 Å². The van der Waals surface area contributed by atoms with E-state index in [0.29, 0.717) is 6.54 Å². The summed E-state index contributed by atoms with van der Waals surface area (Å²) in [4.78, 5) is 24.4. The summed E-state index contributed by atoms with van der Waals surface area (Å²) in [7, 11) is 0. The van der Waals surface area contributed by atoms with E-state index in [1.54, 1.807) is 11.0 Å². The number of benzene rings is 1. The molecule has 2 rings (SSSR count). The predicted octanol–water partition coefficient (Wildman–Crippen LogP) is 1.57. The van der Waals surface area contributed by atoms with Crippen LogP contribution >= 0.6 is 0 Å². The molecule has 8 heteroatoms. The van der Waals surface area contributed by atoms with Crippen LogP contribution in [0.5, 0.6) is 0 Å². The van der Waals surface area contributed by atoms with Gasteiger partial charge in [0, 0.05) is 12.2 Å². The van der Waals surface area contributed by atoms with Gasteiger partial charge in [0.15, 0.2) is 0 Å². The molecule has 0 aliphatic carbocycles. The highest BCUT2D eigenvalue weighted by Crippen LogP contribution is 2.27. The SMILES string of the molecule is O=C(CN1CCc2ccccc21)NC(CC(F)(F)F)C(=O)O. The molecule has 0 spiro atoms. The molecule has 0 aromatic heterocycles. The zero-order valence-corrected chi connectivity index (χ0v) is 11.6. The number of alkyl halides is 3. The van der Waals surface area contributed by atoms with Crippen molar-refractivity contribution in [2.45, 2.75) is 25.1 Å². The van der Waals surface area contributed by atoms with Gasteiger partial charge in [0.05, 0.1) is 13.0 Å². The van der Waals surface area contributed by atoms with E-state index >= 15 is 0 Å². The summed E-state index contributed by atoms with van der Waals surface area (Å²) in [5.74, 6) is -2.44. The lowest BCUT2D eigenvalue weighted by atomic mass is 10.2. The molecule has 1 heterocycles. The second-order valence-electron chi connectivity index (χ2n) is 5.08. The molecule has 1 aromatic rings. The number of aliphatic carboxylic acids is 1. The van der Waals surface area contributed by atoms with Crippen molar-refractivity contribution in [1.82, 2.24) is 5.32 Å². The monoisotopic (exact) mass is 316 g/mol. The van der Waals surface area contributed by atoms with Crippen LogP contribution in [0.1, 0.15) is 12.0 Å². The molecule has 0 radical (unpaired) electrons. The average Bonchev–Trinajstić information content (AvgIpc) is 2.80. The van der Waals surface area contributed by atoms with Crippen LogP contribution < -0.4 is 10.2 Å². The molecule has 120 valence electrons. The first-order valence-electron chi connectivity index (χ1n) is 6.68. The van der Waals surface area contributed by atoms with Gasteiger partial charge in [-0.05, 0) is 18.1 Å². The first-order valence-corrected chi connectivity index (χ1v) is 6.68. The molecule has 0 saturated heterocycles. The van der Waals surface area contributed by atoms with Gasteiger partial charge in [-0.2, -0.15) is 13.2 Å². The van der Waals surface area contributed by atoms with Gasteiger partial charge in [-0.25, -0.2) is 4.79 Å². The molecular formula is C14H15F3N2O3. The molecule has 1 atom stereocenters. The summed E-state index contributed by atoms with van der Waals surface area (Å²) in [5.41, 5.74) is 1.90. The normalized spacial score (nSPS) is 15.3. The molecule has 1 amide bonds. The van der Waals surface area contributed by atoms with Crippen molar-refractivity contribution in [3.8, 4) is 0 Å². The standard InChI is InChI=1S/C14H15F3N2O3/c15-14(16,17)7-10(13(21)22)18-12(20)8-19-6-5-9-3-1-2-4-11(9)19/h1-4,10H,5-8H2,(H,18,20)(H,21,22). The number of carbonyl (C=O) groups is 2. The molecule has 1 aliphatic heterocycles. The highest BCUT2D eigenvalue weighted by atomic mass is 19.4. The van der Waals surface area contributed by atoms with E-state index in [0.717, 1.165) is 17.7 Å². The van der Waals surface area contributed by atoms with Crippen LogP contribution in [0.15, 0.2) is 24.3 Å². The Kier molecular flexibility index (Phi) is 4.58. The number of nitrogens with zero attached hydrogens (tertiary/aromatic N) is 1. The van der Waals surface area contributed by atoms with E-state index < -0.39 is 30.5 Å². The highest BCUT2D eigenvalue weighted by molar-refractivity contribution is 5.87. The number of para-hydroxylation sites is 1. The molecule has 0 bridgehead atoms. The maximum absolute atomic E-state index is 12.3. The Morgan fingerprint density at radius 3 is 2.64 bits per heavy atom. The van der Waals surface area contributed by atoms with Gasteiger partial charge in [-0.15, -0.1) is 0 Å². The fourth-order valence-electron chi connectivity index (χ4n) is 2.42. The number of nitrogens with one attached hydrogen (secondary N) is 1. The average molecular weight is 316 g/mol. The number of hydrogen-bond acceptors (Lipinski definition) is 3. The maximum Gasteiger partial charge on any atom is 0.391 e. The van der Waals surface area contributed by atoms with Crippen molar-refractivity contribution in [2.75, 3.05) is 18.0 Å². The van der Waals surface area contributed by atoms with Crippen molar-refractivity contribution in [3.05, 3.63) is 29.8 Å². The van der Waals surface area contributed by atoms with Gasteiger partial charge in [0.25, 0.3) is 0 Å². The van der Waals surface area contributed by atoms with Crippen molar-refractivity contribution in [3.63, 3.8) is 0 Å². The highest BCUT2D eigenvalue weighted by Gasteiger charge is 2.36. The summed E-state index contributed by atoms with van der Waals surface area (Å²) < 4.78 is 36.9. The summed E-state index contributed by atoms with van der Waals surface area (Å²) >= 11 is 0. The zero-order valence-electron chi connectivity index (χ0n) is 11.6. The second-order valence-corrected chi connectivity index (χ2v) is 5.08. The Bertz CT molecular complexity index is 575. The third-order valence-corrected chi connectivity index (χ3v) is 3.39. The van der Waals surface area contributed by atoms with Gasteiger partial charge in [0.1, 0.15) is 6.04 Å². The maximum atomic E-state index is 12.3. The number of amides is 1. The number of carboxylic acids is 1. The first kappa shape index (κ1) is 16.1. The molecule has 5 nitrogen and oxygen atoms in total. The predicted molar refractivity (Wildman–Crippen MR) is 72.6 cm³/mol. The Morgan fingerprint density at radius 1 is 1.32 bits per heavy atom. The molecule has 0 fully saturated rings. The summed E-state index contributed by atoms with van der Waals surface area (Å²) in [5, 5.41) is 10.7. The van der Waals surface area contributed by atoms with Crippen molar-refractivity contribution in [2.24, 2.45) is 0 Å². The lowest BCUT2D eigenvalue weighted by molar-refractivity contribution is -0.159. The molecular weight excluding hydrogens is 301 g/mol. The van der Waals surface area contributed by atoms with Crippen LogP contribution in [0.25, 0.3) is 0 Å². The number of carbonyl (C=O) groups excluding carboxylic acids is 1. The van der Waals surface area contributed by atoms with Gasteiger partial charge < -0.3 is 15.3 Å². The molecule has 1 aromatic carbocycles. The van der Waals surface area contributed by atoms with E-state index in [4.69, 9.17) is 5.11 Å². The fourth-order valence-corrected chi connectivity index (χ4v) is 2.42. The lowest BCUT2D eigenvalue weighted by Gasteiger charge is -2.21. The lowest BCUT2D eigenvalue weighted by Crippen LogP contribution is -2.47. The van der Waals surface area contributed by atoms with Crippen LogP contribution in [0.4, 0.5) is 18.9 Å². The minimum Gasteiger partial charge on any atom is -0.480 e. The number of halogens is 3. The van der Waals surface area contributed by atoms with Crippen molar-refractivity contribution < 1.29 is 27.9 Å². The summed E-state index contributed by atoms with van der Waals surface area (Å²) in [6.07, 6.45) is -5.50. The van der Waals surface area contributed by atoms with Gasteiger partial charge in [-0.1, -0.05) is 18.2 Å². The summed E-state index contributed by atoms with van der Waals surface area (Å²) in [6, 6.07) is 5.44. The molecule has 0 saturated carbocycles. The number of fused-ring (bicyclic) bond motifs is 1. The number of carboxylic acid groups (broad SMARTS) is 1. The third kappa shape index (κ3) is 4.12. The largest absolute Gasteiger partial charge is 0.480 e. The molecule has 22 heavy (non-hydrogen) atoms. The summed E-state index contributed by atoms with van der Waals surface area (Å²) in [6.45, 7) is 0.405. The van der Waals surface area contributed by atoms with Gasteiger partial charge in [0.2, 0.25) is 5.91 Å². The van der Waals surface area contributed by atoms with E-state index in [2.05, 4.69) is 0 Å². The quantitative estimate of drug-likeness (QED) is 0.865. The second kappa shape index (κ2) is 6.25. The first-order chi connectivity index (χ1) is 10.3. The smallest absolute Gasteiger partial charge is 0.391 e. The van der Waals surface area contributed by atoms with E-state index in [1.807, 2.05) is 23.5 Å². The number of rotatable bonds is 5. The molecule has 1 aliphatic rings. The Hall–Kier alpha value is -2.25. The Morgan fingerprint density at radius 2 is 2.00 bits per heavy atom. The molecule has 1 unspecified atom stereocenters. The van der Waals surface area contributed by atoms with Gasteiger partial charge >= 0.3 is 12.1 Å². The van der Waals surface area contributed by atoms with E-state index in [9.17, 15) is 22.8 Å². The molecule has 2 N–H and O–H groups in total. The van der Waals surface area contributed by atoms with Crippen LogP contribution in [0.2, 0.25) is 0 Å².